The van der Waals surface area contributed by atoms with Gasteiger partial charge in [-0.2, -0.15) is 4.98 Å². The van der Waals surface area contributed by atoms with Gasteiger partial charge < -0.3 is 14.4 Å². The molecule has 0 bridgehead atoms. The predicted octanol–water partition coefficient (Wildman–Crippen LogP) is 1.74. The molecule has 2 rings (SSSR count). The number of nitrogens with zero attached hydrogens (tertiary/aromatic N) is 3. The molecular weight excluding hydrogens is 309 g/mol. The maximum Gasteiger partial charge on any atom is 0.318 e. The highest BCUT2D eigenvalue weighted by molar-refractivity contribution is 9.09. The van der Waals surface area contributed by atoms with Gasteiger partial charge in [0, 0.05) is 18.4 Å². The van der Waals surface area contributed by atoms with E-state index >= 15 is 0 Å². The number of hydrogen-bond acceptors (Lipinski definition) is 5. The summed E-state index contributed by atoms with van der Waals surface area (Å²) < 4.78 is 10.6. The monoisotopic (exact) mass is 321 g/mol. The van der Waals surface area contributed by atoms with E-state index < -0.39 is 0 Å². The van der Waals surface area contributed by atoms with Gasteiger partial charge in [-0.1, -0.05) is 27.5 Å². The van der Waals surface area contributed by atoms with Crippen LogP contribution in [0.3, 0.4) is 0 Å². The van der Waals surface area contributed by atoms with E-state index in [1.807, 2.05) is 0 Å². The van der Waals surface area contributed by atoms with Crippen LogP contribution in [0.15, 0.2) is 6.20 Å². The zero-order valence-corrected chi connectivity index (χ0v) is 11.7. The summed E-state index contributed by atoms with van der Waals surface area (Å²) >= 11 is 9.52. The maximum absolute atomic E-state index is 6.10. The van der Waals surface area contributed by atoms with Crippen molar-refractivity contribution in [2.24, 2.45) is 0 Å². The molecule has 0 N–H and O–H groups in total. The van der Waals surface area contributed by atoms with Crippen molar-refractivity contribution in [3.8, 4) is 6.01 Å². The minimum atomic E-state index is 0.153. The van der Waals surface area contributed by atoms with Gasteiger partial charge in [0.1, 0.15) is 5.02 Å². The van der Waals surface area contributed by atoms with E-state index in [0.717, 1.165) is 18.4 Å². The highest BCUT2D eigenvalue weighted by Crippen LogP contribution is 2.26. The fraction of sp³-hybridized carbons (Fsp3) is 0.600. The van der Waals surface area contributed by atoms with Crippen LogP contribution in [-0.2, 0) is 4.74 Å². The summed E-state index contributed by atoms with van der Waals surface area (Å²) in [6.45, 7) is 2.19. The van der Waals surface area contributed by atoms with Crippen molar-refractivity contribution in [3.63, 3.8) is 0 Å². The Labute approximate surface area is 113 Å². The minimum absolute atomic E-state index is 0.153. The van der Waals surface area contributed by atoms with Gasteiger partial charge in [0.15, 0.2) is 5.82 Å². The first-order chi connectivity index (χ1) is 8.24. The Balaban J connectivity index is 2.20. The van der Waals surface area contributed by atoms with Gasteiger partial charge in [-0.25, -0.2) is 4.98 Å². The Kier molecular flexibility index (Phi) is 4.42. The molecule has 1 aromatic rings. The highest BCUT2D eigenvalue weighted by Gasteiger charge is 2.23. The van der Waals surface area contributed by atoms with Crippen molar-refractivity contribution < 1.29 is 9.47 Å². The molecule has 17 heavy (non-hydrogen) atoms. The van der Waals surface area contributed by atoms with E-state index in [4.69, 9.17) is 21.1 Å². The van der Waals surface area contributed by atoms with Gasteiger partial charge >= 0.3 is 6.01 Å². The number of ether oxygens (including phenoxy) is 2. The van der Waals surface area contributed by atoms with Crippen LogP contribution in [0, 0.1) is 0 Å². The first kappa shape index (κ1) is 12.9. The maximum atomic E-state index is 6.10. The summed E-state index contributed by atoms with van der Waals surface area (Å²) in [5.74, 6) is 0.702. The van der Waals surface area contributed by atoms with Crippen molar-refractivity contribution in [2.45, 2.75) is 6.10 Å². The summed E-state index contributed by atoms with van der Waals surface area (Å²) in [7, 11) is 1.54. The van der Waals surface area contributed by atoms with Gasteiger partial charge in [0.05, 0.1) is 26.0 Å². The molecule has 1 unspecified atom stereocenters. The lowest BCUT2D eigenvalue weighted by molar-refractivity contribution is 0.0567. The molecule has 5 nitrogen and oxygen atoms in total. The summed E-state index contributed by atoms with van der Waals surface area (Å²) in [6, 6.07) is 0.325. The molecule has 94 valence electrons. The van der Waals surface area contributed by atoms with Crippen LogP contribution >= 0.6 is 27.5 Å². The Morgan fingerprint density at radius 3 is 3.24 bits per heavy atom. The van der Waals surface area contributed by atoms with Crippen molar-refractivity contribution in [1.82, 2.24) is 9.97 Å². The first-order valence-electron chi connectivity index (χ1n) is 5.23. The topological polar surface area (TPSA) is 47.5 Å². The molecule has 0 aliphatic carbocycles. The third-order valence-electron chi connectivity index (χ3n) is 2.50. The van der Waals surface area contributed by atoms with Gasteiger partial charge in [0.25, 0.3) is 0 Å². The molecule has 1 aliphatic rings. The molecule has 1 saturated heterocycles. The zero-order valence-electron chi connectivity index (χ0n) is 9.40. The molecule has 1 aliphatic heterocycles. The number of halogens is 2. The molecular formula is C10H13BrClN3O2. The third-order valence-corrected chi connectivity index (χ3v) is 3.49. The summed E-state index contributed by atoms with van der Waals surface area (Å²) in [5, 5.41) is 1.32. The summed E-state index contributed by atoms with van der Waals surface area (Å²) in [5.41, 5.74) is 0. The van der Waals surface area contributed by atoms with Crippen LogP contribution in [-0.4, -0.2) is 48.2 Å². The van der Waals surface area contributed by atoms with E-state index in [1.54, 1.807) is 6.20 Å². The molecule has 1 fully saturated rings. The van der Waals surface area contributed by atoms with Crippen LogP contribution < -0.4 is 9.64 Å². The molecule has 0 radical (unpaired) electrons. The number of hydrogen-bond donors (Lipinski definition) is 0. The molecule has 1 aromatic heterocycles. The number of alkyl halides is 1. The SMILES string of the molecule is COc1ncc(Cl)c(N2CCOC(CBr)C2)n1. The van der Waals surface area contributed by atoms with E-state index in [0.29, 0.717) is 23.5 Å². The van der Waals surface area contributed by atoms with Gasteiger partial charge in [-0.3, -0.25) is 0 Å². The van der Waals surface area contributed by atoms with Crippen molar-refractivity contribution in [1.29, 1.82) is 0 Å². The van der Waals surface area contributed by atoms with E-state index in [1.165, 1.54) is 7.11 Å². The summed E-state index contributed by atoms with van der Waals surface area (Å²) in [4.78, 5) is 10.3. The third kappa shape index (κ3) is 3.00. The number of rotatable bonds is 3. The summed E-state index contributed by atoms with van der Waals surface area (Å²) in [6.07, 6.45) is 1.71. The molecule has 0 amide bonds. The van der Waals surface area contributed by atoms with E-state index in [2.05, 4.69) is 30.8 Å². The van der Waals surface area contributed by atoms with Gasteiger partial charge in [-0.15, -0.1) is 0 Å². The van der Waals surface area contributed by atoms with E-state index in [9.17, 15) is 0 Å². The fourth-order valence-electron chi connectivity index (χ4n) is 1.67. The van der Waals surface area contributed by atoms with Gasteiger partial charge in [-0.05, 0) is 0 Å². The average molecular weight is 323 g/mol. The molecule has 0 spiro atoms. The Hall–Kier alpha value is -0.590. The number of methoxy groups -OCH3 is 1. The molecule has 7 heteroatoms. The predicted molar refractivity (Wildman–Crippen MR) is 69.3 cm³/mol. The van der Waals surface area contributed by atoms with Crippen LogP contribution in [0.4, 0.5) is 5.82 Å². The Morgan fingerprint density at radius 2 is 2.53 bits per heavy atom. The Morgan fingerprint density at radius 1 is 1.71 bits per heavy atom. The van der Waals surface area contributed by atoms with Gasteiger partial charge in [0.2, 0.25) is 0 Å². The standard InChI is InChI=1S/C10H13BrClN3O2/c1-16-10-13-5-8(12)9(14-10)15-2-3-17-7(4-11)6-15/h5,7H,2-4,6H2,1H3. The lowest BCUT2D eigenvalue weighted by atomic mass is 10.3. The fourth-order valence-corrected chi connectivity index (χ4v) is 2.27. The molecule has 2 heterocycles. The highest BCUT2D eigenvalue weighted by atomic mass is 79.9. The van der Waals surface area contributed by atoms with Crippen LogP contribution in [0.25, 0.3) is 0 Å². The lowest BCUT2D eigenvalue weighted by Gasteiger charge is -2.33. The molecule has 1 atom stereocenters. The second-order valence-corrected chi connectivity index (χ2v) is 4.68. The quantitative estimate of drug-likeness (QED) is 0.793. The van der Waals surface area contributed by atoms with E-state index in [-0.39, 0.29) is 6.10 Å². The average Bonchev–Trinajstić information content (AvgIpc) is 2.39. The van der Waals surface area contributed by atoms with Crippen molar-refractivity contribution in [3.05, 3.63) is 11.2 Å². The Bertz CT molecular complexity index is 394. The van der Waals surface area contributed by atoms with Crippen LogP contribution in [0.5, 0.6) is 6.01 Å². The smallest absolute Gasteiger partial charge is 0.318 e. The second-order valence-electron chi connectivity index (χ2n) is 3.62. The lowest BCUT2D eigenvalue weighted by Crippen LogP contribution is -2.43. The number of morpholine rings is 1. The van der Waals surface area contributed by atoms with Crippen molar-refractivity contribution in [2.75, 3.05) is 37.0 Å². The zero-order chi connectivity index (χ0) is 12.3. The molecule has 0 aromatic carbocycles. The number of anilines is 1. The van der Waals surface area contributed by atoms with Crippen LogP contribution in [0.2, 0.25) is 5.02 Å². The second kappa shape index (κ2) is 5.84. The minimum Gasteiger partial charge on any atom is -0.467 e. The molecule has 0 saturated carbocycles. The van der Waals surface area contributed by atoms with Crippen LogP contribution in [0.1, 0.15) is 0 Å². The van der Waals surface area contributed by atoms with Crippen molar-refractivity contribution >= 4 is 33.3 Å². The largest absolute Gasteiger partial charge is 0.467 e. The normalized spacial score (nSPS) is 20.4. The first-order valence-corrected chi connectivity index (χ1v) is 6.73. The number of aromatic nitrogens is 2.